The van der Waals surface area contributed by atoms with Crippen LogP contribution in [0.4, 0.5) is 0 Å². The molecule has 2 N–H and O–H groups in total. The molecule has 0 spiro atoms. The van der Waals surface area contributed by atoms with E-state index in [0.29, 0.717) is 0 Å². The van der Waals surface area contributed by atoms with Gasteiger partial charge in [0.15, 0.2) is 0 Å². The van der Waals surface area contributed by atoms with Gasteiger partial charge in [-0.1, -0.05) is 18.2 Å². The quantitative estimate of drug-likeness (QED) is 0.769. The van der Waals surface area contributed by atoms with Crippen molar-refractivity contribution in [2.24, 2.45) is 0 Å². The summed E-state index contributed by atoms with van der Waals surface area (Å²) < 4.78 is 1.12. The number of fused-ring (bicyclic) bond motifs is 1. The second-order valence-corrected chi connectivity index (χ2v) is 5.40. The van der Waals surface area contributed by atoms with Gasteiger partial charge in [0.2, 0.25) is 0 Å². The Morgan fingerprint density at radius 2 is 2.26 bits per heavy atom. The molecule has 1 atom stereocenters. The minimum atomic E-state index is -0.132. The van der Waals surface area contributed by atoms with Gasteiger partial charge in [0.1, 0.15) is 5.82 Å². The van der Waals surface area contributed by atoms with E-state index < -0.39 is 0 Å². The number of aromatic nitrogens is 2. The van der Waals surface area contributed by atoms with Gasteiger partial charge in [-0.3, -0.25) is 4.79 Å². The number of nitrogens with one attached hydrogen (secondary N) is 2. The van der Waals surface area contributed by atoms with Gasteiger partial charge in [0, 0.05) is 17.1 Å². The van der Waals surface area contributed by atoms with E-state index in [1.165, 1.54) is 11.3 Å². The molecule has 1 unspecified atom stereocenters. The third kappa shape index (κ3) is 2.37. The van der Waals surface area contributed by atoms with Gasteiger partial charge in [-0.15, -0.1) is 11.3 Å². The molecule has 0 aliphatic carbocycles. The number of thiophene rings is 1. The Balaban J connectivity index is 1.80. The molecule has 2 heterocycles. The van der Waals surface area contributed by atoms with Crippen LogP contribution >= 0.6 is 11.3 Å². The standard InChI is InChI=1S/C14H13N3OS/c1-9(13-15-6-7-16-13)17-14(18)12-8-10-4-2-3-5-11(10)19-12/h2-9H,1H3,(H,15,16)(H,17,18). The maximum absolute atomic E-state index is 12.2. The predicted molar refractivity (Wildman–Crippen MR) is 76.3 cm³/mol. The van der Waals surface area contributed by atoms with Crippen molar-refractivity contribution in [3.8, 4) is 0 Å². The van der Waals surface area contributed by atoms with Crippen LogP contribution < -0.4 is 5.32 Å². The van der Waals surface area contributed by atoms with E-state index in [-0.39, 0.29) is 11.9 Å². The van der Waals surface area contributed by atoms with Crippen molar-refractivity contribution in [1.82, 2.24) is 15.3 Å². The van der Waals surface area contributed by atoms with Crippen LogP contribution in [0.5, 0.6) is 0 Å². The lowest BCUT2D eigenvalue weighted by atomic mass is 10.2. The van der Waals surface area contributed by atoms with E-state index in [4.69, 9.17) is 0 Å². The van der Waals surface area contributed by atoms with Gasteiger partial charge in [-0.25, -0.2) is 4.98 Å². The smallest absolute Gasteiger partial charge is 0.261 e. The fourth-order valence-corrected chi connectivity index (χ4v) is 2.91. The molecule has 0 saturated heterocycles. The zero-order valence-electron chi connectivity index (χ0n) is 10.4. The Hall–Kier alpha value is -2.14. The average Bonchev–Trinajstić information content (AvgIpc) is 3.07. The summed E-state index contributed by atoms with van der Waals surface area (Å²) in [5.74, 6) is 0.694. The van der Waals surface area contributed by atoms with Gasteiger partial charge in [-0.05, 0) is 24.4 Å². The number of hydrogen-bond donors (Lipinski definition) is 2. The Morgan fingerprint density at radius 3 is 3.00 bits per heavy atom. The Labute approximate surface area is 114 Å². The molecule has 0 radical (unpaired) electrons. The molecule has 0 saturated carbocycles. The van der Waals surface area contributed by atoms with Crippen LogP contribution in [-0.2, 0) is 0 Å². The minimum absolute atomic E-state index is 0.0647. The first-order valence-corrected chi connectivity index (χ1v) is 6.84. The number of nitrogens with zero attached hydrogens (tertiary/aromatic N) is 1. The SMILES string of the molecule is CC(NC(=O)c1cc2ccccc2s1)c1ncc[nH]1. The molecular weight excluding hydrogens is 258 g/mol. The number of benzene rings is 1. The monoisotopic (exact) mass is 271 g/mol. The summed E-state index contributed by atoms with van der Waals surface area (Å²) in [6.07, 6.45) is 3.43. The second-order valence-electron chi connectivity index (χ2n) is 4.32. The van der Waals surface area contributed by atoms with Gasteiger partial charge in [0.25, 0.3) is 5.91 Å². The third-order valence-corrected chi connectivity index (χ3v) is 4.04. The van der Waals surface area contributed by atoms with Crippen molar-refractivity contribution < 1.29 is 4.79 Å². The van der Waals surface area contributed by atoms with E-state index >= 15 is 0 Å². The fraction of sp³-hybridized carbons (Fsp3) is 0.143. The van der Waals surface area contributed by atoms with Crippen LogP contribution in [0.2, 0.25) is 0 Å². The highest BCUT2D eigenvalue weighted by Crippen LogP contribution is 2.25. The summed E-state index contributed by atoms with van der Waals surface area (Å²) >= 11 is 1.50. The number of hydrogen-bond acceptors (Lipinski definition) is 3. The summed E-state index contributed by atoms with van der Waals surface area (Å²) in [7, 11) is 0. The molecular formula is C14H13N3OS. The minimum Gasteiger partial charge on any atom is -0.347 e. The molecule has 0 fully saturated rings. The lowest BCUT2D eigenvalue weighted by Gasteiger charge is -2.10. The van der Waals surface area contributed by atoms with E-state index in [2.05, 4.69) is 15.3 Å². The van der Waals surface area contributed by atoms with Crippen molar-refractivity contribution in [3.05, 3.63) is 53.4 Å². The highest BCUT2D eigenvalue weighted by molar-refractivity contribution is 7.20. The number of rotatable bonds is 3. The van der Waals surface area contributed by atoms with Gasteiger partial charge >= 0.3 is 0 Å². The van der Waals surface area contributed by atoms with Crippen molar-refractivity contribution in [2.75, 3.05) is 0 Å². The van der Waals surface area contributed by atoms with Crippen LogP contribution in [0, 0.1) is 0 Å². The molecule has 5 heteroatoms. The van der Waals surface area contributed by atoms with E-state index in [1.54, 1.807) is 12.4 Å². The number of imidazole rings is 1. The van der Waals surface area contributed by atoms with Crippen molar-refractivity contribution >= 4 is 27.3 Å². The Kier molecular flexibility index (Phi) is 3.05. The van der Waals surface area contributed by atoms with Crippen LogP contribution in [0.15, 0.2) is 42.7 Å². The van der Waals surface area contributed by atoms with Crippen LogP contribution in [0.25, 0.3) is 10.1 Å². The summed E-state index contributed by atoms with van der Waals surface area (Å²) in [4.78, 5) is 20.0. The molecule has 1 aromatic carbocycles. The molecule has 96 valence electrons. The average molecular weight is 271 g/mol. The molecule has 0 bridgehead atoms. The lowest BCUT2D eigenvalue weighted by Crippen LogP contribution is -2.26. The van der Waals surface area contributed by atoms with Crippen LogP contribution in [-0.4, -0.2) is 15.9 Å². The second kappa shape index (κ2) is 4.85. The number of carbonyl (C=O) groups is 1. The Morgan fingerprint density at radius 1 is 1.42 bits per heavy atom. The molecule has 2 aromatic heterocycles. The number of aromatic amines is 1. The topological polar surface area (TPSA) is 57.8 Å². The summed E-state index contributed by atoms with van der Waals surface area (Å²) in [6.45, 7) is 1.91. The Bertz CT molecular complexity index is 669. The van der Waals surface area contributed by atoms with Gasteiger partial charge < -0.3 is 10.3 Å². The number of carbonyl (C=O) groups excluding carboxylic acids is 1. The molecule has 1 amide bonds. The first-order valence-electron chi connectivity index (χ1n) is 6.03. The normalized spacial score (nSPS) is 12.5. The largest absolute Gasteiger partial charge is 0.347 e. The van der Waals surface area contributed by atoms with Crippen molar-refractivity contribution in [2.45, 2.75) is 13.0 Å². The lowest BCUT2D eigenvalue weighted by molar-refractivity contribution is 0.0942. The molecule has 0 aliphatic rings. The van der Waals surface area contributed by atoms with Crippen LogP contribution in [0.1, 0.15) is 28.5 Å². The number of amides is 1. The first-order chi connectivity index (χ1) is 9.24. The van der Waals surface area contributed by atoms with Gasteiger partial charge in [0.05, 0.1) is 10.9 Å². The number of H-pyrrole nitrogens is 1. The maximum Gasteiger partial charge on any atom is 0.261 e. The van der Waals surface area contributed by atoms with E-state index in [1.807, 2.05) is 37.3 Å². The fourth-order valence-electron chi connectivity index (χ4n) is 1.94. The highest BCUT2D eigenvalue weighted by atomic mass is 32.1. The third-order valence-electron chi connectivity index (χ3n) is 2.93. The first kappa shape index (κ1) is 11.9. The molecule has 0 aliphatic heterocycles. The zero-order chi connectivity index (χ0) is 13.2. The molecule has 4 nitrogen and oxygen atoms in total. The molecule has 3 rings (SSSR count). The molecule has 19 heavy (non-hydrogen) atoms. The van der Waals surface area contributed by atoms with Crippen LogP contribution in [0.3, 0.4) is 0 Å². The van der Waals surface area contributed by atoms with E-state index in [9.17, 15) is 4.79 Å². The maximum atomic E-state index is 12.2. The zero-order valence-corrected chi connectivity index (χ0v) is 11.2. The highest BCUT2D eigenvalue weighted by Gasteiger charge is 2.15. The van der Waals surface area contributed by atoms with Crippen molar-refractivity contribution in [1.29, 1.82) is 0 Å². The van der Waals surface area contributed by atoms with Crippen molar-refractivity contribution in [3.63, 3.8) is 0 Å². The molecule has 3 aromatic rings. The van der Waals surface area contributed by atoms with E-state index in [0.717, 1.165) is 20.8 Å². The van der Waals surface area contributed by atoms with Gasteiger partial charge in [-0.2, -0.15) is 0 Å². The predicted octanol–water partition coefficient (Wildman–Crippen LogP) is 3.12. The summed E-state index contributed by atoms with van der Waals surface area (Å²) in [5.41, 5.74) is 0. The summed E-state index contributed by atoms with van der Waals surface area (Å²) in [6, 6.07) is 9.77. The summed E-state index contributed by atoms with van der Waals surface area (Å²) in [5, 5.41) is 4.04.